The lowest BCUT2D eigenvalue weighted by atomic mass is 10.2. The first kappa shape index (κ1) is 14.8. The summed E-state index contributed by atoms with van der Waals surface area (Å²) in [6, 6.07) is 3.27. The van der Waals surface area contributed by atoms with Crippen LogP contribution >= 0.6 is 0 Å². The van der Waals surface area contributed by atoms with Gasteiger partial charge in [-0.25, -0.2) is 4.98 Å². The van der Waals surface area contributed by atoms with Gasteiger partial charge < -0.3 is 9.84 Å². The summed E-state index contributed by atoms with van der Waals surface area (Å²) in [5, 5.41) is 9.03. The van der Waals surface area contributed by atoms with E-state index in [1.54, 1.807) is 6.07 Å². The van der Waals surface area contributed by atoms with Crippen LogP contribution in [0.15, 0.2) is 12.1 Å². The number of aromatic nitrogens is 1. The van der Waals surface area contributed by atoms with Crippen LogP contribution in [0.2, 0.25) is 0 Å². The SMILES string of the molecule is CCc1cc(CO)cc(OCCCC(F)(F)F)n1. The lowest BCUT2D eigenvalue weighted by Gasteiger charge is -2.09. The summed E-state index contributed by atoms with van der Waals surface area (Å²) in [6.07, 6.45) is -4.45. The van der Waals surface area contributed by atoms with Crippen LogP contribution in [0, 0.1) is 0 Å². The van der Waals surface area contributed by atoms with Gasteiger partial charge in [-0.3, -0.25) is 0 Å². The third kappa shape index (κ3) is 5.35. The van der Waals surface area contributed by atoms with Crippen LogP contribution in [0.4, 0.5) is 13.2 Å². The number of hydrogen-bond acceptors (Lipinski definition) is 3. The molecule has 0 bridgehead atoms. The zero-order chi connectivity index (χ0) is 13.6. The minimum absolute atomic E-state index is 0.0372. The zero-order valence-corrected chi connectivity index (χ0v) is 10.1. The molecule has 6 heteroatoms. The summed E-state index contributed by atoms with van der Waals surface area (Å²) >= 11 is 0. The Morgan fingerprint density at radius 2 is 2.06 bits per heavy atom. The van der Waals surface area contributed by atoms with Gasteiger partial charge in [0.25, 0.3) is 0 Å². The Labute approximate surface area is 104 Å². The number of nitrogens with zero attached hydrogens (tertiary/aromatic N) is 1. The van der Waals surface area contributed by atoms with Gasteiger partial charge in [0.15, 0.2) is 0 Å². The average molecular weight is 263 g/mol. The van der Waals surface area contributed by atoms with Gasteiger partial charge in [-0.1, -0.05) is 6.92 Å². The first-order valence-corrected chi connectivity index (χ1v) is 5.75. The maximum Gasteiger partial charge on any atom is 0.389 e. The van der Waals surface area contributed by atoms with Crippen LogP contribution in [0.5, 0.6) is 5.88 Å². The van der Waals surface area contributed by atoms with Crippen molar-refractivity contribution in [3.05, 3.63) is 23.4 Å². The predicted octanol–water partition coefficient (Wildman–Crippen LogP) is 2.86. The van der Waals surface area contributed by atoms with Gasteiger partial charge in [-0.05, 0) is 24.5 Å². The third-order valence-electron chi connectivity index (χ3n) is 2.31. The Bertz CT molecular complexity index is 358. The molecule has 0 amide bonds. The maximum atomic E-state index is 11.9. The Kier molecular flexibility index (Phi) is 5.40. The molecule has 3 nitrogen and oxygen atoms in total. The van der Waals surface area contributed by atoms with Crippen LogP contribution in [0.3, 0.4) is 0 Å². The van der Waals surface area contributed by atoms with Crippen molar-refractivity contribution < 1.29 is 23.0 Å². The van der Waals surface area contributed by atoms with Crippen molar-refractivity contribution in [1.82, 2.24) is 4.98 Å². The summed E-state index contributed by atoms with van der Waals surface area (Å²) in [6.45, 7) is 1.72. The molecule has 102 valence electrons. The topological polar surface area (TPSA) is 42.4 Å². The van der Waals surface area contributed by atoms with Crippen LogP contribution in [-0.4, -0.2) is 22.9 Å². The Morgan fingerprint density at radius 1 is 1.33 bits per heavy atom. The smallest absolute Gasteiger partial charge is 0.389 e. The number of pyridine rings is 1. The number of alkyl halides is 3. The van der Waals surface area contributed by atoms with Crippen molar-refractivity contribution in [2.24, 2.45) is 0 Å². The number of hydrogen-bond donors (Lipinski definition) is 1. The summed E-state index contributed by atoms with van der Waals surface area (Å²) in [7, 11) is 0. The monoisotopic (exact) mass is 263 g/mol. The fourth-order valence-electron chi connectivity index (χ4n) is 1.42. The molecule has 1 N–H and O–H groups in total. The van der Waals surface area contributed by atoms with Crippen molar-refractivity contribution in [3.63, 3.8) is 0 Å². The van der Waals surface area contributed by atoms with E-state index >= 15 is 0 Å². The van der Waals surface area contributed by atoms with Crippen LogP contribution in [0.1, 0.15) is 31.0 Å². The van der Waals surface area contributed by atoms with Crippen LogP contribution in [-0.2, 0) is 13.0 Å². The Morgan fingerprint density at radius 3 is 2.61 bits per heavy atom. The fourth-order valence-corrected chi connectivity index (χ4v) is 1.42. The average Bonchev–Trinajstić information content (AvgIpc) is 2.33. The highest BCUT2D eigenvalue weighted by atomic mass is 19.4. The summed E-state index contributed by atoms with van der Waals surface area (Å²) in [4.78, 5) is 4.12. The molecule has 0 atom stereocenters. The second kappa shape index (κ2) is 6.58. The standard InChI is InChI=1S/C12H16F3NO2/c1-2-10-6-9(8-17)7-11(16-10)18-5-3-4-12(13,14)15/h6-7,17H,2-5,8H2,1H3. The molecular weight excluding hydrogens is 247 g/mol. The van der Waals surface area contributed by atoms with Crippen molar-refractivity contribution in [3.8, 4) is 5.88 Å². The highest BCUT2D eigenvalue weighted by Gasteiger charge is 2.26. The molecule has 0 saturated heterocycles. The van der Waals surface area contributed by atoms with Gasteiger partial charge in [0.1, 0.15) is 0 Å². The molecule has 1 heterocycles. The molecule has 1 aromatic rings. The first-order valence-electron chi connectivity index (χ1n) is 5.75. The van der Waals surface area contributed by atoms with Gasteiger partial charge >= 0.3 is 6.18 Å². The summed E-state index contributed by atoms with van der Waals surface area (Å²) in [5.74, 6) is 0.264. The number of halogens is 3. The van der Waals surface area contributed by atoms with E-state index in [0.29, 0.717) is 12.0 Å². The molecule has 0 spiro atoms. The summed E-state index contributed by atoms with van der Waals surface area (Å²) in [5.41, 5.74) is 1.39. The van der Waals surface area contributed by atoms with Crippen molar-refractivity contribution >= 4 is 0 Å². The largest absolute Gasteiger partial charge is 0.478 e. The minimum atomic E-state index is -4.15. The molecule has 0 aliphatic carbocycles. The maximum absolute atomic E-state index is 11.9. The normalized spacial score (nSPS) is 11.6. The lowest BCUT2D eigenvalue weighted by Crippen LogP contribution is -2.10. The second-order valence-corrected chi connectivity index (χ2v) is 3.88. The molecule has 1 rings (SSSR count). The van der Waals surface area contributed by atoms with E-state index in [1.165, 1.54) is 6.07 Å². The van der Waals surface area contributed by atoms with Crippen molar-refractivity contribution in [2.45, 2.75) is 39.0 Å². The van der Waals surface area contributed by atoms with E-state index < -0.39 is 12.6 Å². The van der Waals surface area contributed by atoms with E-state index in [0.717, 1.165) is 5.69 Å². The highest BCUT2D eigenvalue weighted by molar-refractivity contribution is 5.24. The Balaban J connectivity index is 2.51. The zero-order valence-electron chi connectivity index (χ0n) is 10.1. The highest BCUT2D eigenvalue weighted by Crippen LogP contribution is 2.21. The van der Waals surface area contributed by atoms with Gasteiger partial charge in [0, 0.05) is 18.2 Å². The first-order chi connectivity index (χ1) is 8.44. The van der Waals surface area contributed by atoms with Crippen LogP contribution in [0.25, 0.3) is 0 Å². The Hall–Kier alpha value is -1.30. The molecule has 0 aliphatic heterocycles. The fraction of sp³-hybridized carbons (Fsp3) is 0.583. The van der Waals surface area contributed by atoms with Gasteiger partial charge in [0.2, 0.25) is 5.88 Å². The van der Waals surface area contributed by atoms with Crippen molar-refractivity contribution in [2.75, 3.05) is 6.61 Å². The van der Waals surface area contributed by atoms with E-state index in [1.807, 2.05) is 6.92 Å². The quantitative estimate of drug-likeness (QED) is 0.802. The van der Waals surface area contributed by atoms with E-state index in [4.69, 9.17) is 9.84 Å². The number of rotatable bonds is 6. The van der Waals surface area contributed by atoms with Gasteiger partial charge in [-0.15, -0.1) is 0 Å². The van der Waals surface area contributed by atoms with E-state index in [2.05, 4.69) is 4.98 Å². The summed E-state index contributed by atoms with van der Waals surface area (Å²) < 4.78 is 40.9. The molecule has 0 aliphatic rings. The minimum Gasteiger partial charge on any atom is -0.478 e. The second-order valence-electron chi connectivity index (χ2n) is 3.88. The number of aryl methyl sites for hydroxylation is 1. The number of aliphatic hydroxyl groups is 1. The molecule has 0 aromatic carbocycles. The molecule has 0 unspecified atom stereocenters. The van der Waals surface area contributed by atoms with Crippen LogP contribution < -0.4 is 4.74 Å². The van der Waals surface area contributed by atoms with Gasteiger partial charge in [-0.2, -0.15) is 13.2 Å². The van der Waals surface area contributed by atoms with Gasteiger partial charge in [0.05, 0.1) is 13.2 Å². The van der Waals surface area contributed by atoms with E-state index in [9.17, 15) is 13.2 Å². The molecule has 1 aromatic heterocycles. The number of aliphatic hydroxyl groups excluding tert-OH is 1. The van der Waals surface area contributed by atoms with E-state index in [-0.39, 0.29) is 25.5 Å². The third-order valence-corrected chi connectivity index (χ3v) is 2.31. The lowest BCUT2D eigenvalue weighted by molar-refractivity contribution is -0.136. The van der Waals surface area contributed by atoms with Crippen molar-refractivity contribution in [1.29, 1.82) is 0 Å². The molecule has 0 radical (unpaired) electrons. The molecular formula is C12H16F3NO2. The molecule has 0 fully saturated rings. The molecule has 0 saturated carbocycles. The molecule has 18 heavy (non-hydrogen) atoms. The predicted molar refractivity (Wildman–Crippen MR) is 60.3 cm³/mol. The number of ether oxygens (including phenoxy) is 1.